The highest BCUT2D eigenvalue weighted by Crippen LogP contribution is 2.33. The van der Waals surface area contributed by atoms with Crippen molar-refractivity contribution in [1.82, 2.24) is 5.32 Å². The van der Waals surface area contributed by atoms with Gasteiger partial charge >= 0.3 is 0 Å². The van der Waals surface area contributed by atoms with Crippen molar-refractivity contribution in [1.29, 1.82) is 0 Å². The van der Waals surface area contributed by atoms with Crippen LogP contribution in [0.25, 0.3) is 0 Å². The summed E-state index contributed by atoms with van der Waals surface area (Å²) in [6.45, 7) is 5.22. The molecule has 0 aromatic carbocycles. The highest BCUT2D eigenvalue weighted by Gasteiger charge is 2.29. The number of hydrogen-bond donors (Lipinski definition) is 1. The quantitative estimate of drug-likeness (QED) is 0.770. The topological polar surface area (TPSA) is 29.1 Å². The van der Waals surface area contributed by atoms with E-state index >= 15 is 0 Å². The van der Waals surface area contributed by atoms with E-state index in [-0.39, 0.29) is 0 Å². The van der Waals surface area contributed by atoms with Crippen LogP contribution in [0, 0.1) is 17.8 Å². The predicted molar refractivity (Wildman–Crippen MR) is 61.7 cm³/mol. The van der Waals surface area contributed by atoms with Gasteiger partial charge in [-0.05, 0) is 43.9 Å². The van der Waals surface area contributed by atoms with Crippen molar-refractivity contribution in [2.45, 2.75) is 52.0 Å². The summed E-state index contributed by atoms with van der Waals surface area (Å²) >= 11 is 0. The molecular formula is C13H23NO. The van der Waals surface area contributed by atoms with Gasteiger partial charge in [-0.2, -0.15) is 0 Å². The first-order valence-electron chi connectivity index (χ1n) is 6.43. The normalized spacial score (nSPS) is 36.5. The number of carbonyl (C=O) groups is 1. The monoisotopic (exact) mass is 209 g/mol. The first-order chi connectivity index (χ1) is 7.16. The second-order valence-electron chi connectivity index (χ2n) is 5.59. The summed E-state index contributed by atoms with van der Waals surface area (Å²) in [5.74, 6) is 2.35. The van der Waals surface area contributed by atoms with Crippen LogP contribution in [-0.2, 0) is 4.79 Å². The number of ketones is 1. The Morgan fingerprint density at radius 2 is 1.87 bits per heavy atom. The van der Waals surface area contributed by atoms with E-state index in [2.05, 4.69) is 19.2 Å². The zero-order valence-electron chi connectivity index (χ0n) is 9.96. The van der Waals surface area contributed by atoms with Crippen molar-refractivity contribution in [3.8, 4) is 0 Å². The standard InChI is InChI=1S/C13H23NO/c1-9-3-4-11(7-10(9)2)13(15)8-14-12-5-6-12/h9-12,14H,3-8H2,1-2H3. The average Bonchev–Trinajstić information content (AvgIpc) is 3.02. The molecule has 86 valence electrons. The lowest BCUT2D eigenvalue weighted by Gasteiger charge is -2.31. The maximum atomic E-state index is 11.9. The molecule has 0 aromatic rings. The fourth-order valence-corrected chi connectivity index (χ4v) is 2.52. The first kappa shape index (κ1) is 11.1. The Bertz CT molecular complexity index is 235. The molecule has 2 aliphatic rings. The van der Waals surface area contributed by atoms with Gasteiger partial charge in [-0.3, -0.25) is 4.79 Å². The van der Waals surface area contributed by atoms with Gasteiger partial charge in [0.25, 0.3) is 0 Å². The largest absolute Gasteiger partial charge is 0.307 e. The molecule has 2 aliphatic carbocycles. The molecule has 0 saturated heterocycles. The lowest BCUT2D eigenvalue weighted by Crippen LogP contribution is -2.33. The summed E-state index contributed by atoms with van der Waals surface area (Å²) in [6.07, 6.45) is 6.01. The van der Waals surface area contributed by atoms with Crippen LogP contribution in [0.2, 0.25) is 0 Å². The Kier molecular flexibility index (Phi) is 3.45. The molecule has 15 heavy (non-hydrogen) atoms. The Morgan fingerprint density at radius 3 is 2.47 bits per heavy atom. The summed E-state index contributed by atoms with van der Waals surface area (Å²) in [5, 5.41) is 3.33. The SMILES string of the molecule is CC1CCC(C(=O)CNC2CC2)CC1C. The van der Waals surface area contributed by atoms with Crippen LogP contribution in [0.5, 0.6) is 0 Å². The minimum atomic E-state index is 0.349. The van der Waals surface area contributed by atoms with Crippen molar-refractivity contribution >= 4 is 5.78 Å². The van der Waals surface area contributed by atoms with Gasteiger partial charge in [-0.25, -0.2) is 0 Å². The van der Waals surface area contributed by atoms with Crippen LogP contribution in [0.1, 0.15) is 46.0 Å². The number of rotatable bonds is 4. The zero-order chi connectivity index (χ0) is 10.8. The highest BCUT2D eigenvalue weighted by molar-refractivity contribution is 5.83. The van der Waals surface area contributed by atoms with Crippen LogP contribution in [0.4, 0.5) is 0 Å². The third kappa shape index (κ3) is 3.04. The summed E-state index contributed by atoms with van der Waals surface area (Å²) in [4.78, 5) is 11.9. The van der Waals surface area contributed by atoms with E-state index in [1.807, 2.05) is 0 Å². The highest BCUT2D eigenvalue weighted by atomic mass is 16.1. The molecule has 2 nitrogen and oxygen atoms in total. The van der Waals surface area contributed by atoms with Gasteiger partial charge in [-0.15, -0.1) is 0 Å². The van der Waals surface area contributed by atoms with Gasteiger partial charge in [0.2, 0.25) is 0 Å². The number of Topliss-reactive ketones (excluding diaryl/α,β-unsaturated/α-hetero) is 1. The molecule has 0 amide bonds. The van der Waals surface area contributed by atoms with Gasteiger partial charge in [0.1, 0.15) is 5.78 Å². The lowest BCUT2D eigenvalue weighted by atomic mass is 9.74. The maximum Gasteiger partial charge on any atom is 0.149 e. The van der Waals surface area contributed by atoms with Crippen molar-refractivity contribution in [3.05, 3.63) is 0 Å². The van der Waals surface area contributed by atoms with E-state index < -0.39 is 0 Å². The minimum Gasteiger partial charge on any atom is -0.307 e. The summed E-state index contributed by atoms with van der Waals surface area (Å²) < 4.78 is 0. The van der Waals surface area contributed by atoms with E-state index in [1.165, 1.54) is 19.3 Å². The number of carbonyl (C=O) groups excluding carboxylic acids is 1. The Hall–Kier alpha value is -0.370. The molecule has 2 fully saturated rings. The van der Waals surface area contributed by atoms with Crippen molar-refractivity contribution in [2.24, 2.45) is 17.8 Å². The molecule has 0 heterocycles. The van der Waals surface area contributed by atoms with E-state index in [0.29, 0.717) is 24.3 Å². The fourth-order valence-electron chi connectivity index (χ4n) is 2.52. The van der Waals surface area contributed by atoms with Gasteiger partial charge < -0.3 is 5.32 Å². The van der Waals surface area contributed by atoms with Crippen LogP contribution in [0.3, 0.4) is 0 Å². The molecule has 2 saturated carbocycles. The lowest BCUT2D eigenvalue weighted by molar-refractivity contribution is -0.123. The molecule has 3 atom stereocenters. The van der Waals surface area contributed by atoms with Crippen LogP contribution < -0.4 is 5.32 Å². The fraction of sp³-hybridized carbons (Fsp3) is 0.923. The third-order valence-corrected chi connectivity index (χ3v) is 4.20. The molecule has 0 aromatic heterocycles. The first-order valence-corrected chi connectivity index (χ1v) is 6.43. The molecule has 3 unspecified atom stereocenters. The second-order valence-corrected chi connectivity index (χ2v) is 5.59. The molecule has 1 N–H and O–H groups in total. The molecule has 2 rings (SSSR count). The van der Waals surface area contributed by atoms with Crippen LogP contribution in [-0.4, -0.2) is 18.4 Å². The van der Waals surface area contributed by atoms with Crippen LogP contribution >= 0.6 is 0 Å². The van der Waals surface area contributed by atoms with Gasteiger partial charge in [0, 0.05) is 12.0 Å². The van der Waals surface area contributed by atoms with Crippen molar-refractivity contribution in [2.75, 3.05) is 6.54 Å². The van der Waals surface area contributed by atoms with E-state index in [9.17, 15) is 4.79 Å². The molecule has 0 spiro atoms. The Labute approximate surface area is 92.8 Å². The summed E-state index contributed by atoms with van der Waals surface area (Å²) in [7, 11) is 0. The second kappa shape index (κ2) is 4.65. The Balaban J connectivity index is 1.74. The minimum absolute atomic E-state index is 0.349. The molecule has 0 radical (unpaired) electrons. The summed E-state index contributed by atoms with van der Waals surface area (Å²) in [5.41, 5.74) is 0. The van der Waals surface area contributed by atoms with E-state index in [0.717, 1.165) is 24.7 Å². The molecule has 2 heteroatoms. The van der Waals surface area contributed by atoms with E-state index in [1.54, 1.807) is 0 Å². The third-order valence-electron chi connectivity index (χ3n) is 4.20. The van der Waals surface area contributed by atoms with E-state index in [4.69, 9.17) is 0 Å². The molecular weight excluding hydrogens is 186 g/mol. The van der Waals surface area contributed by atoms with Crippen molar-refractivity contribution < 1.29 is 4.79 Å². The zero-order valence-corrected chi connectivity index (χ0v) is 9.96. The van der Waals surface area contributed by atoms with Crippen LogP contribution in [0.15, 0.2) is 0 Å². The Morgan fingerprint density at radius 1 is 1.13 bits per heavy atom. The van der Waals surface area contributed by atoms with Gasteiger partial charge in [-0.1, -0.05) is 13.8 Å². The molecule has 0 bridgehead atoms. The smallest absolute Gasteiger partial charge is 0.149 e. The predicted octanol–water partition coefficient (Wildman–Crippen LogP) is 2.38. The van der Waals surface area contributed by atoms with Gasteiger partial charge in [0.05, 0.1) is 6.54 Å². The number of hydrogen-bond acceptors (Lipinski definition) is 2. The molecule has 0 aliphatic heterocycles. The maximum absolute atomic E-state index is 11.9. The van der Waals surface area contributed by atoms with Crippen molar-refractivity contribution in [3.63, 3.8) is 0 Å². The number of nitrogens with one attached hydrogen (secondary N) is 1. The summed E-state index contributed by atoms with van der Waals surface area (Å²) in [6, 6.07) is 0.661. The average molecular weight is 209 g/mol. The van der Waals surface area contributed by atoms with Gasteiger partial charge in [0.15, 0.2) is 0 Å².